The normalized spacial score (nSPS) is 18.0. The number of hydrogen-bond donors (Lipinski definition) is 4. The van der Waals surface area contributed by atoms with Gasteiger partial charge in [-0.2, -0.15) is 0 Å². The van der Waals surface area contributed by atoms with E-state index in [1.165, 1.54) is 0 Å². The van der Waals surface area contributed by atoms with Gasteiger partial charge in [0.25, 0.3) is 0 Å². The lowest BCUT2D eigenvalue weighted by Crippen LogP contribution is -2.43. The van der Waals surface area contributed by atoms with E-state index in [9.17, 15) is 20.4 Å². The smallest absolute Gasteiger partial charge is 0.111 e. The fourth-order valence-corrected chi connectivity index (χ4v) is 1.84. The van der Waals surface area contributed by atoms with Gasteiger partial charge in [-0.25, -0.2) is 0 Å². The van der Waals surface area contributed by atoms with Crippen molar-refractivity contribution in [3.63, 3.8) is 0 Å². The van der Waals surface area contributed by atoms with Crippen LogP contribution in [0.2, 0.25) is 0 Å². The minimum absolute atomic E-state index is 0.0298. The largest absolute Gasteiger partial charge is 0.393 e. The second kappa shape index (κ2) is 9.66. The number of hydrogen-bond acceptors (Lipinski definition) is 5. The van der Waals surface area contributed by atoms with Gasteiger partial charge >= 0.3 is 0 Å². The third-order valence-corrected chi connectivity index (χ3v) is 3.32. The van der Waals surface area contributed by atoms with Gasteiger partial charge in [-0.15, -0.1) is 0 Å². The van der Waals surface area contributed by atoms with Crippen LogP contribution in [0.1, 0.15) is 52.4 Å². The average molecular weight is 278 g/mol. The molecule has 0 amide bonds. The molecule has 2 atom stereocenters. The Hall–Kier alpha value is -0.200. The Morgan fingerprint density at radius 1 is 0.789 bits per heavy atom. The molecule has 4 N–H and O–H groups in total. The minimum Gasteiger partial charge on any atom is -0.393 e. The minimum atomic E-state index is -1.25. The van der Waals surface area contributed by atoms with Crippen LogP contribution in [-0.4, -0.2) is 58.1 Å². The lowest BCUT2D eigenvalue weighted by atomic mass is 9.97. The number of aliphatic hydroxyl groups is 4. The summed E-state index contributed by atoms with van der Waals surface area (Å²) in [4.78, 5) is 0. The van der Waals surface area contributed by atoms with Gasteiger partial charge in [-0.05, 0) is 12.8 Å². The molecular weight excluding hydrogens is 248 g/mol. The Labute approximate surface area is 116 Å². The molecule has 116 valence electrons. The van der Waals surface area contributed by atoms with Crippen LogP contribution >= 0.6 is 0 Å². The summed E-state index contributed by atoms with van der Waals surface area (Å²) in [6, 6.07) is 0. The molecule has 0 bridgehead atoms. The third kappa shape index (κ3) is 7.84. The number of aliphatic hydroxyl groups excluding tert-OH is 2. The van der Waals surface area contributed by atoms with E-state index < -0.39 is 11.2 Å². The van der Waals surface area contributed by atoms with Gasteiger partial charge in [-0.1, -0.05) is 39.5 Å². The molecule has 0 aromatic carbocycles. The summed E-state index contributed by atoms with van der Waals surface area (Å²) in [6.07, 6.45) is 4.40. The van der Waals surface area contributed by atoms with Crippen molar-refractivity contribution in [1.29, 1.82) is 0 Å². The van der Waals surface area contributed by atoms with Crippen molar-refractivity contribution in [3.8, 4) is 0 Å². The topological polar surface area (TPSA) is 90.2 Å². The van der Waals surface area contributed by atoms with Crippen molar-refractivity contribution >= 4 is 0 Å². The van der Waals surface area contributed by atoms with Crippen molar-refractivity contribution in [2.75, 3.05) is 26.4 Å². The van der Waals surface area contributed by atoms with Crippen LogP contribution in [0.4, 0.5) is 0 Å². The van der Waals surface area contributed by atoms with E-state index in [4.69, 9.17) is 4.74 Å². The first-order valence-corrected chi connectivity index (χ1v) is 7.19. The monoisotopic (exact) mass is 278 g/mol. The van der Waals surface area contributed by atoms with Gasteiger partial charge in [0, 0.05) is 0 Å². The molecule has 0 fully saturated rings. The lowest BCUT2D eigenvalue weighted by molar-refractivity contribution is -0.129. The fourth-order valence-electron chi connectivity index (χ4n) is 1.84. The van der Waals surface area contributed by atoms with Crippen LogP contribution in [0.3, 0.4) is 0 Å². The summed E-state index contributed by atoms with van der Waals surface area (Å²) in [7, 11) is 0. The van der Waals surface area contributed by atoms with Crippen LogP contribution in [0.25, 0.3) is 0 Å². The summed E-state index contributed by atoms with van der Waals surface area (Å²) < 4.78 is 5.32. The highest BCUT2D eigenvalue weighted by Gasteiger charge is 2.30. The Bertz CT molecular complexity index is 202. The molecule has 0 aliphatic heterocycles. The van der Waals surface area contributed by atoms with Gasteiger partial charge in [0.2, 0.25) is 0 Å². The van der Waals surface area contributed by atoms with Crippen molar-refractivity contribution in [2.45, 2.75) is 63.6 Å². The third-order valence-electron chi connectivity index (χ3n) is 3.32. The highest BCUT2D eigenvalue weighted by atomic mass is 16.5. The second-order valence-electron chi connectivity index (χ2n) is 5.46. The van der Waals surface area contributed by atoms with E-state index in [0.29, 0.717) is 12.8 Å². The quantitative estimate of drug-likeness (QED) is 0.424. The van der Waals surface area contributed by atoms with Crippen LogP contribution in [-0.2, 0) is 4.74 Å². The van der Waals surface area contributed by atoms with Crippen LogP contribution < -0.4 is 0 Å². The lowest BCUT2D eigenvalue weighted by Gasteiger charge is -2.30. The molecule has 19 heavy (non-hydrogen) atoms. The summed E-state index contributed by atoms with van der Waals surface area (Å²) in [5.74, 6) is 0. The molecule has 0 radical (unpaired) electrons. The van der Waals surface area contributed by atoms with Crippen LogP contribution in [0, 0.1) is 0 Å². The molecule has 5 heteroatoms. The molecular formula is C14H30O5. The molecule has 0 aliphatic rings. The molecule has 0 heterocycles. The second-order valence-corrected chi connectivity index (χ2v) is 5.46. The maximum Gasteiger partial charge on any atom is 0.111 e. The zero-order chi connectivity index (χ0) is 14.8. The van der Waals surface area contributed by atoms with E-state index in [-0.39, 0.29) is 26.4 Å². The molecule has 0 rings (SSSR count). The Kier molecular flexibility index (Phi) is 9.56. The first-order valence-electron chi connectivity index (χ1n) is 7.19. The van der Waals surface area contributed by atoms with E-state index in [1.807, 2.05) is 13.8 Å². The summed E-state index contributed by atoms with van der Waals surface area (Å²) >= 11 is 0. The zero-order valence-corrected chi connectivity index (χ0v) is 12.3. The van der Waals surface area contributed by atoms with Gasteiger partial charge < -0.3 is 25.2 Å². The maximum atomic E-state index is 10.1. The highest BCUT2D eigenvalue weighted by molar-refractivity contribution is 4.80. The van der Waals surface area contributed by atoms with Gasteiger partial charge in [0.15, 0.2) is 0 Å². The van der Waals surface area contributed by atoms with Gasteiger partial charge in [0.05, 0.1) is 26.4 Å². The number of ether oxygens (including phenoxy) is 1. The first kappa shape index (κ1) is 18.8. The average Bonchev–Trinajstić information content (AvgIpc) is 2.43. The van der Waals surface area contributed by atoms with Crippen molar-refractivity contribution in [2.24, 2.45) is 0 Å². The molecule has 0 aliphatic carbocycles. The summed E-state index contributed by atoms with van der Waals surface area (Å²) in [5.41, 5.74) is -2.51. The van der Waals surface area contributed by atoms with Gasteiger partial charge in [-0.3, -0.25) is 0 Å². The zero-order valence-electron chi connectivity index (χ0n) is 12.3. The van der Waals surface area contributed by atoms with E-state index >= 15 is 0 Å². The van der Waals surface area contributed by atoms with Gasteiger partial charge in [0.1, 0.15) is 11.2 Å². The predicted molar refractivity (Wildman–Crippen MR) is 73.9 cm³/mol. The van der Waals surface area contributed by atoms with E-state index in [1.54, 1.807) is 0 Å². The molecule has 5 nitrogen and oxygen atoms in total. The SMILES string of the molecule is CCCCC(O)(CO)COCC(O)(CO)CCCC. The number of rotatable bonds is 12. The van der Waals surface area contributed by atoms with E-state index in [2.05, 4.69) is 0 Å². The first-order chi connectivity index (χ1) is 8.95. The molecule has 0 saturated carbocycles. The highest BCUT2D eigenvalue weighted by Crippen LogP contribution is 2.18. The van der Waals surface area contributed by atoms with Crippen molar-refractivity contribution in [3.05, 3.63) is 0 Å². The maximum absolute atomic E-state index is 10.1. The Balaban J connectivity index is 4.14. The van der Waals surface area contributed by atoms with Crippen LogP contribution in [0.15, 0.2) is 0 Å². The molecule has 2 unspecified atom stereocenters. The van der Waals surface area contributed by atoms with E-state index in [0.717, 1.165) is 25.7 Å². The summed E-state index contributed by atoms with van der Waals surface area (Å²) in [6.45, 7) is 3.23. The van der Waals surface area contributed by atoms with Crippen molar-refractivity contribution < 1.29 is 25.2 Å². The number of unbranched alkanes of at least 4 members (excludes halogenated alkanes) is 2. The van der Waals surface area contributed by atoms with Crippen LogP contribution in [0.5, 0.6) is 0 Å². The summed E-state index contributed by atoms with van der Waals surface area (Å²) in [5, 5.41) is 38.6. The fraction of sp³-hybridized carbons (Fsp3) is 1.00. The standard InChI is InChI=1S/C14H30O5/c1-3-5-7-13(17,9-15)11-19-12-14(18,10-16)8-6-4-2/h15-18H,3-12H2,1-2H3. The van der Waals surface area contributed by atoms with Crippen molar-refractivity contribution in [1.82, 2.24) is 0 Å². The Morgan fingerprint density at radius 2 is 1.16 bits per heavy atom. The molecule has 0 spiro atoms. The Morgan fingerprint density at radius 3 is 1.42 bits per heavy atom. The molecule has 0 aromatic rings. The molecule has 0 aromatic heterocycles. The molecule has 0 saturated heterocycles. The predicted octanol–water partition coefficient (Wildman–Crippen LogP) is 0.830.